The highest BCUT2D eigenvalue weighted by Crippen LogP contribution is 2.32. The van der Waals surface area contributed by atoms with Crippen LogP contribution in [0.25, 0.3) is 6.08 Å². The van der Waals surface area contributed by atoms with E-state index in [0.29, 0.717) is 5.56 Å². The minimum absolute atomic E-state index is 0.0678. The normalized spacial score (nSPS) is 15.8. The molecule has 0 spiro atoms. The Morgan fingerprint density at radius 1 is 0.976 bits per heavy atom. The van der Waals surface area contributed by atoms with Gasteiger partial charge < -0.3 is 20.3 Å². The average molecular weight is 562 g/mol. The summed E-state index contributed by atoms with van der Waals surface area (Å²) >= 11 is 0. The topological polar surface area (TPSA) is 87.7 Å². The number of nitrogens with zero attached hydrogens (tertiary/aromatic N) is 1. The predicted molar refractivity (Wildman–Crippen MR) is 164 cm³/mol. The van der Waals surface area contributed by atoms with Crippen molar-refractivity contribution in [2.75, 3.05) is 0 Å². The molecule has 7 heteroatoms. The van der Waals surface area contributed by atoms with Gasteiger partial charge in [0.15, 0.2) is 0 Å². The SMILES string of the molecule is C=Cc1cccc(C(C(=O)NC2CCCCC2)N(C(=O)C(Cc2ccccc2)NC(=O)OC(C)(C)C)C(C)(C)C)c1. The molecule has 0 radical (unpaired) electrons. The van der Waals surface area contributed by atoms with Crippen LogP contribution >= 0.6 is 0 Å². The fourth-order valence-electron chi connectivity index (χ4n) is 5.31. The molecule has 0 bridgehead atoms. The highest BCUT2D eigenvalue weighted by atomic mass is 16.6. The van der Waals surface area contributed by atoms with Gasteiger partial charge in [0.25, 0.3) is 0 Å². The van der Waals surface area contributed by atoms with Crippen LogP contribution in [-0.2, 0) is 20.7 Å². The van der Waals surface area contributed by atoms with Gasteiger partial charge in [-0.05, 0) is 77.1 Å². The van der Waals surface area contributed by atoms with Crippen molar-refractivity contribution in [1.82, 2.24) is 15.5 Å². The lowest BCUT2D eigenvalue weighted by molar-refractivity contribution is -0.148. The molecule has 1 saturated carbocycles. The Morgan fingerprint density at radius 2 is 1.63 bits per heavy atom. The van der Waals surface area contributed by atoms with E-state index < -0.39 is 29.3 Å². The molecule has 222 valence electrons. The van der Waals surface area contributed by atoms with Gasteiger partial charge in [0.05, 0.1) is 0 Å². The van der Waals surface area contributed by atoms with Crippen LogP contribution in [0.3, 0.4) is 0 Å². The number of hydrogen-bond acceptors (Lipinski definition) is 4. The van der Waals surface area contributed by atoms with Crippen LogP contribution in [0, 0.1) is 0 Å². The summed E-state index contributed by atoms with van der Waals surface area (Å²) < 4.78 is 5.53. The average Bonchev–Trinajstić information content (AvgIpc) is 2.90. The molecule has 2 atom stereocenters. The van der Waals surface area contributed by atoms with Gasteiger partial charge in [0, 0.05) is 18.0 Å². The van der Waals surface area contributed by atoms with Crippen LogP contribution in [0.1, 0.15) is 96.4 Å². The zero-order chi connectivity index (χ0) is 30.2. The quantitative estimate of drug-likeness (QED) is 0.362. The van der Waals surface area contributed by atoms with Crippen LogP contribution in [0.15, 0.2) is 61.2 Å². The lowest BCUT2D eigenvalue weighted by atomic mass is 9.92. The second-order valence-corrected chi connectivity index (χ2v) is 12.9. The molecule has 0 aromatic heterocycles. The first-order valence-electron chi connectivity index (χ1n) is 14.7. The number of nitrogens with one attached hydrogen (secondary N) is 2. The molecule has 1 aliphatic carbocycles. The maximum Gasteiger partial charge on any atom is 0.408 e. The number of alkyl carbamates (subject to hydrolysis) is 1. The molecule has 1 aliphatic rings. The van der Waals surface area contributed by atoms with Crippen molar-refractivity contribution in [1.29, 1.82) is 0 Å². The summed E-state index contributed by atoms with van der Waals surface area (Å²) in [5.41, 5.74) is 0.927. The maximum absolute atomic E-state index is 14.6. The van der Waals surface area contributed by atoms with Gasteiger partial charge in [-0.15, -0.1) is 0 Å². The fraction of sp³-hybridized carbons (Fsp3) is 0.500. The second kappa shape index (κ2) is 13.8. The summed E-state index contributed by atoms with van der Waals surface area (Å²) in [4.78, 5) is 43.4. The van der Waals surface area contributed by atoms with Crippen molar-refractivity contribution in [2.45, 2.75) is 109 Å². The second-order valence-electron chi connectivity index (χ2n) is 12.9. The van der Waals surface area contributed by atoms with Gasteiger partial charge >= 0.3 is 6.09 Å². The third-order valence-corrected chi connectivity index (χ3v) is 7.15. The van der Waals surface area contributed by atoms with E-state index in [1.54, 1.807) is 31.7 Å². The number of rotatable bonds is 9. The molecule has 7 nitrogen and oxygen atoms in total. The monoisotopic (exact) mass is 561 g/mol. The van der Waals surface area contributed by atoms with Gasteiger partial charge in [-0.3, -0.25) is 9.59 Å². The van der Waals surface area contributed by atoms with Crippen molar-refractivity contribution in [2.24, 2.45) is 0 Å². The molecule has 0 saturated heterocycles. The van der Waals surface area contributed by atoms with Gasteiger partial charge in [-0.2, -0.15) is 0 Å². The zero-order valence-electron chi connectivity index (χ0n) is 25.5. The van der Waals surface area contributed by atoms with Crippen molar-refractivity contribution in [3.63, 3.8) is 0 Å². The molecule has 2 aromatic carbocycles. The fourth-order valence-corrected chi connectivity index (χ4v) is 5.31. The van der Waals surface area contributed by atoms with Gasteiger partial charge in [0.1, 0.15) is 17.7 Å². The summed E-state index contributed by atoms with van der Waals surface area (Å²) in [6, 6.07) is 15.3. The Bertz CT molecular complexity index is 1190. The van der Waals surface area contributed by atoms with Crippen molar-refractivity contribution >= 4 is 24.0 Å². The molecule has 41 heavy (non-hydrogen) atoms. The van der Waals surface area contributed by atoms with E-state index in [1.807, 2.05) is 75.4 Å². The van der Waals surface area contributed by atoms with E-state index in [1.165, 1.54) is 6.42 Å². The zero-order valence-corrected chi connectivity index (χ0v) is 25.5. The summed E-state index contributed by atoms with van der Waals surface area (Å²) in [5, 5.41) is 6.08. The first-order valence-corrected chi connectivity index (χ1v) is 14.7. The number of carbonyl (C=O) groups excluding carboxylic acids is 3. The van der Waals surface area contributed by atoms with Gasteiger partial charge in [0.2, 0.25) is 11.8 Å². The Hall–Kier alpha value is -3.61. The molecule has 0 heterocycles. The van der Waals surface area contributed by atoms with Gasteiger partial charge in [-0.1, -0.05) is 80.4 Å². The molecule has 1 fully saturated rings. The van der Waals surface area contributed by atoms with Crippen LogP contribution in [0.5, 0.6) is 0 Å². The molecule has 2 unspecified atom stereocenters. The van der Waals surface area contributed by atoms with Crippen LogP contribution in [0.2, 0.25) is 0 Å². The van der Waals surface area contributed by atoms with Crippen LogP contribution < -0.4 is 10.6 Å². The van der Waals surface area contributed by atoms with Crippen LogP contribution in [-0.4, -0.2) is 46.0 Å². The highest BCUT2D eigenvalue weighted by molar-refractivity contribution is 5.93. The first-order chi connectivity index (χ1) is 19.3. The number of hydrogen-bond donors (Lipinski definition) is 2. The summed E-state index contributed by atoms with van der Waals surface area (Å²) in [5.74, 6) is -0.586. The van der Waals surface area contributed by atoms with E-state index in [-0.39, 0.29) is 24.3 Å². The predicted octanol–water partition coefficient (Wildman–Crippen LogP) is 6.58. The summed E-state index contributed by atoms with van der Waals surface area (Å²) in [6.07, 6.45) is 6.45. The Balaban J connectivity index is 2.07. The molecule has 2 N–H and O–H groups in total. The minimum Gasteiger partial charge on any atom is -0.444 e. The molecule has 3 amide bonds. The molecular weight excluding hydrogens is 514 g/mol. The number of amides is 3. The van der Waals surface area contributed by atoms with Crippen molar-refractivity contribution in [3.8, 4) is 0 Å². The minimum atomic E-state index is -0.959. The summed E-state index contributed by atoms with van der Waals surface area (Å²) in [6.45, 7) is 15.0. The molecule has 3 rings (SSSR count). The Kier molecular flexibility index (Phi) is 10.8. The third kappa shape index (κ3) is 9.48. The van der Waals surface area contributed by atoms with Crippen molar-refractivity contribution in [3.05, 3.63) is 77.9 Å². The third-order valence-electron chi connectivity index (χ3n) is 7.15. The number of benzene rings is 2. The maximum atomic E-state index is 14.6. The lowest BCUT2D eigenvalue weighted by Gasteiger charge is -2.43. The highest BCUT2D eigenvalue weighted by Gasteiger charge is 2.42. The largest absolute Gasteiger partial charge is 0.444 e. The van der Waals surface area contributed by atoms with E-state index in [2.05, 4.69) is 17.2 Å². The summed E-state index contributed by atoms with van der Waals surface area (Å²) in [7, 11) is 0. The Labute approximate surface area is 245 Å². The van der Waals surface area contributed by atoms with Crippen LogP contribution in [0.4, 0.5) is 4.79 Å². The van der Waals surface area contributed by atoms with E-state index >= 15 is 0 Å². The first kappa shape index (κ1) is 31.9. The number of ether oxygens (including phenoxy) is 1. The van der Waals surface area contributed by atoms with Crippen molar-refractivity contribution < 1.29 is 19.1 Å². The molecule has 2 aromatic rings. The Morgan fingerprint density at radius 3 is 2.22 bits per heavy atom. The lowest BCUT2D eigenvalue weighted by Crippen LogP contribution is -2.59. The molecule has 0 aliphatic heterocycles. The van der Waals surface area contributed by atoms with E-state index in [0.717, 1.165) is 36.8 Å². The van der Waals surface area contributed by atoms with Gasteiger partial charge in [-0.25, -0.2) is 4.79 Å². The smallest absolute Gasteiger partial charge is 0.408 e. The number of carbonyl (C=O) groups is 3. The van der Waals surface area contributed by atoms with E-state index in [4.69, 9.17) is 4.74 Å². The van der Waals surface area contributed by atoms with E-state index in [9.17, 15) is 14.4 Å². The standard InChI is InChI=1S/C34H47N3O4/c1-8-24-18-15-19-26(22-24)29(30(38)35-27-20-13-10-14-21-27)37(33(2,3)4)31(39)28(23-25-16-11-9-12-17-25)36-32(40)41-34(5,6)7/h8-9,11-12,15-19,22,27-29H,1,10,13-14,20-21,23H2,2-7H3,(H,35,38)(H,36,40). The molecular formula is C34H47N3O4.